The van der Waals surface area contributed by atoms with Crippen molar-refractivity contribution in [2.24, 2.45) is 5.92 Å². The van der Waals surface area contributed by atoms with E-state index in [1.807, 2.05) is 0 Å². The molecule has 0 unspecified atom stereocenters. The second-order valence-electron chi connectivity index (χ2n) is 6.27. The second-order valence-corrected chi connectivity index (χ2v) is 9.05. The van der Waals surface area contributed by atoms with Crippen LogP contribution in [0.3, 0.4) is 0 Å². The fourth-order valence-corrected chi connectivity index (χ4v) is 5.23. The number of ether oxygens (including phenoxy) is 1. The zero-order valence-electron chi connectivity index (χ0n) is 14.7. The molecule has 1 heterocycles. The highest BCUT2D eigenvalue weighted by Gasteiger charge is 2.31. The average molecular weight is 423 g/mol. The van der Waals surface area contributed by atoms with Gasteiger partial charge in [-0.2, -0.15) is 0 Å². The number of benzene rings is 1. The number of rotatable bonds is 8. The predicted molar refractivity (Wildman–Crippen MR) is 103 cm³/mol. The van der Waals surface area contributed by atoms with Crippen molar-refractivity contribution in [1.82, 2.24) is 9.62 Å². The summed E-state index contributed by atoms with van der Waals surface area (Å²) in [5.74, 6) is -0.417. The smallest absolute Gasteiger partial charge is 0.223 e. The summed E-state index contributed by atoms with van der Waals surface area (Å²) in [4.78, 5) is 12.1. The average Bonchev–Trinajstić information content (AvgIpc) is 2.62. The van der Waals surface area contributed by atoms with Crippen LogP contribution in [0.15, 0.2) is 18.2 Å². The molecule has 0 aliphatic carbocycles. The molecule has 1 aromatic carbocycles. The normalized spacial score (nSPS) is 16.6. The lowest BCUT2D eigenvalue weighted by atomic mass is 9.97. The third-order valence-corrected chi connectivity index (χ3v) is 6.94. The third kappa shape index (κ3) is 5.82. The number of halogens is 2. The molecule has 1 fully saturated rings. The Bertz CT molecular complexity index is 699. The summed E-state index contributed by atoms with van der Waals surface area (Å²) in [5.41, 5.74) is 0.411. The highest BCUT2D eigenvalue weighted by atomic mass is 35.5. The first kappa shape index (κ1) is 21.4. The largest absolute Gasteiger partial charge is 0.385 e. The van der Waals surface area contributed by atoms with E-state index in [-0.39, 0.29) is 17.6 Å². The number of piperidine rings is 1. The molecule has 6 nitrogen and oxygen atoms in total. The van der Waals surface area contributed by atoms with E-state index in [0.29, 0.717) is 54.7 Å². The molecule has 0 spiro atoms. The summed E-state index contributed by atoms with van der Waals surface area (Å²) < 4.78 is 31.7. The lowest BCUT2D eigenvalue weighted by Crippen LogP contribution is -2.43. The van der Waals surface area contributed by atoms with Crippen molar-refractivity contribution in [2.45, 2.75) is 25.0 Å². The Kier molecular flexibility index (Phi) is 8.16. The number of sulfonamides is 1. The summed E-state index contributed by atoms with van der Waals surface area (Å²) in [6, 6.07) is 4.93. The van der Waals surface area contributed by atoms with Crippen LogP contribution in [0.2, 0.25) is 10.0 Å². The van der Waals surface area contributed by atoms with Gasteiger partial charge in [-0.1, -0.05) is 29.3 Å². The molecule has 26 heavy (non-hydrogen) atoms. The van der Waals surface area contributed by atoms with E-state index in [9.17, 15) is 13.2 Å². The molecule has 1 aromatic rings. The van der Waals surface area contributed by atoms with Crippen LogP contribution in [0.4, 0.5) is 0 Å². The van der Waals surface area contributed by atoms with Crippen molar-refractivity contribution in [1.29, 1.82) is 0 Å². The van der Waals surface area contributed by atoms with Gasteiger partial charge < -0.3 is 10.1 Å². The molecule has 2 rings (SSSR count). The highest BCUT2D eigenvalue weighted by Crippen LogP contribution is 2.28. The molecule has 0 atom stereocenters. The maximum atomic E-state index is 12.7. The van der Waals surface area contributed by atoms with Crippen molar-refractivity contribution in [3.05, 3.63) is 33.8 Å². The zero-order chi connectivity index (χ0) is 19.2. The van der Waals surface area contributed by atoms with Crippen LogP contribution >= 0.6 is 23.2 Å². The van der Waals surface area contributed by atoms with E-state index >= 15 is 0 Å². The topological polar surface area (TPSA) is 75.7 Å². The predicted octanol–water partition coefficient (Wildman–Crippen LogP) is 2.69. The molecule has 1 saturated heterocycles. The quantitative estimate of drug-likeness (QED) is 0.653. The molecule has 0 bridgehead atoms. The Balaban J connectivity index is 1.89. The van der Waals surface area contributed by atoms with Gasteiger partial charge in [0.2, 0.25) is 15.9 Å². The molecule has 0 saturated carbocycles. The minimum absolute atomic E-state index is 0.0210. The van der Waals surface area contributed by atoms with Crippen LogP contribution in [0.25, 0.3) is 0 Å². The first-order valence-electron chi connectivity index (χ1n) is 8.52. The minimum Gasteiger partial charge on any atom is -0.385 e. The van der Waals surface area contributed by atoms with Gasteiger partial charge in [0, 0.05) is 54.9 Å². The maximum absolute atomic E-state index is 12.7. The van der Waals surface area contributed by atoms with E-state index in [0.717, 1.165) is 6.42 Å². The SMILES string of the molecule is COCCCNC(=O)C1CCN(S(=O)(=O)Cc2c(Cl)cccc2Cl)CC1. The molecule has 0 aromatic heterocycles. The van der Waals surface area contributed by atoms with Gasteiger partial charge in [-0.15, -0.1) is 0 Å². The third-order valence-electron chi connectivity index (χ3n) is 4.43. The van der Waals surface area contributed by atoms with Gasteiger partial charge in [-0.05, 0) is 31.4 Å². The molecule has 1 aliphatic rings. The first-order chi connectivity index (χ1) is 12.3. The number of nitrogens with zero attached hydrogens (tertiary/aromatic N) is 1. The number of carbonyl (C=O) groups excluding carboxylic acids is 1. The van der Waals surface area contributed by atoms with Gasteiger partial charge in [-0.25, -0.2) is 12.7 Å². The maximum Gasteiger partial charge on any atom is 0.223 e. The number of hydrogen-bond donors (Lipinski definition) is 1. The highest BCUT2D eigenvalue weighted by molar-refractivity contribution is 7.88. The van der Waals surface area contributed by atoms with Gasteiger partial charge in [-0.3, -0.25) is 4.79 Å². The van der Waals surface area contributed by atoms with E-state index in [2.05, 4.69) is 5.32 Å². The Morgan fingerprint density at radius 1 is 1.27 bits per heavy atom. The fraction of sp³-hybridized carbons (Fsp3) is 0.588. The zero-order valence-corrected chi connectivity index (χ0v) is 17.0. The van der Waals surface area contributed by atoms with Gasteiger partial charge in [0.25, 0.3) is 0 Å². The molecule has 9 heteroatoms. The number of nitrogens with one attached hydrogen (secondary N) is 1. The van der Waals surface area contributed by atoms with Crippen LogP contribution < -0.4 is 5.32 Å². The lowest BCUT2D eigenvalue weighted by Gasteiger charge is -2.30. The standard InChI is InChI=1S/C17H24Cl2N2O4S/c1-25-11-3-8-20-17(22)13-6-9-21(10-7-13)26(23,24)12-14-15(18)4-2-5-16(14)19/h2,4-5,13H,3,6-12H2,1H3,(H,20,22). The van der Waals surface area contributed by atoms with E-state index in [4.69, 9.17) is 27.9 Å². The van der Waals surface area contributed by atoms with Crippen molar-refractivity contribution in [2.75, 3.05) is 33.4 Å². The molecular formula is C17H24Cl2N2O4S. The Labute approximate surface area is 164 Å². The van der Waals surface area contributed by atoms with Gasteiger partial charge in [0.05, 0.1) is 5.75 Å². The second kappa shape index (κ2) is 9.90. The van der Waals surface area contributed by atoms with Crippen molar-refractivity contribution >= 4 is 39.1 Å². The van der Waals surface area contributed by atoms with Crippen LogP contribution in [-0.2, 0) is 25.3 Å². The van der Waals surface area contributed by atoms with Crippen LogP contribution in [0.1, 0.15) is 24.8 Å². The van der Waals surface area contributed by atoms with E-state index < -0.39 is 10.0 Å². The number of hydrogen-bond acceptors (Lipinski definition) is 4. The summed E-state index contributed by atoms with van der Waals surface area (Å²) in [6.07, 6.45) is 1.77. The lowest BCUT2D eigenvalue weighted by molar-refractivity contribution is -0.126. The van der Waals surface area contributed by atoms with Crippen molar-refractivity contribution in [3.63, 3.8) is 0 Å². The summed E-state index contributed by atoms with van der Waals surface area (Å²) in [5, 5.41) is 3.55. The van der Waals surface area contributed by atoms with Crippen LogP contribution in [0.5, 0.6) is 0 Å². The van der Waals surface area contributed by atoms with Gasteiger partial charge in [0.1, 0.15) is 0 Å². The van der Waals surface area contributed by atoms with E-state index in [1.54, 1.807) is 25.3 Å². The Morgan fingerprint density at radius 3 is 2.46 bits per heavy atom. The van der Waals surface area contributed by atoms with Crippen LogP contribution in [0, 0.1) is 5.92 Å². The molecule has 1 amide bonds. The number of carbonyl (C=O) groups is 1. The monoisotopic (exact) mass is 422 g/mol. The summed E-state index contributed by atoms with van der Waals surface area (Å²) in [6.45, 7) is 1.80. The minimum atomic E-state index is -3.54. The molecule has 0 radical (unpaired) electrons. The molecule has 1 aliphatic heterocycles. The van der Waals surface area contributed by atoms with Gasteiger partial charge >= 0.3 is 0 Å². The fourth-order valence-electron chi connectivity index (χ4n) is 2.91. The Morgan fingerprint density at radius 2 is 1.88 bits per heavy atom. The van der Waals surface area contributed by atoms with Gasteiger partial charge in [0.15, 0.2) is 0 Å². The molecule has 146 valence electrons. The van der Waals surface area contributed by atoms with Crippen molar-refractivity contribution in [3.8, 4) is 0 Å². The van der Waals surface area contributed by atoms with Crippen molar-refractivity contribution < 1.29 is 17.9 Å². The summed E-state index contributed by atoms with van der Waals surface area (Å²) >= 11 is 12.2. The first-order valence-corrected chi connectivity index (χ1v) is 10.9. The van der Waals surface area contributed by atoms with Crippen LogP contribution in [-0.4, -0.2) is 52.0 Å². The molecular weight excluding hydrogens is 399 g/mol. The Hall–Kier alpha value is -0.860. The van der Waals surface area contributed by atoms with E-state index in [1.165, 1.54) is 4.31 Å². The summed E-state index contributed by atoms with van der Waals surface area (Å²) in [7, 11) is -1.92. The number of amides is 1. The molecule has 1 N–H and O–H groups in total. The number of methoxy groups -OCH3 is 1.